The van der Waals surface area contributed by atoms with Crippen LogP contribution in [0.3, 0.4) is 0 Å². The smallest absolute Gasteiger partial charge is 0.258 e. The molecule has 2 aromatic carbocycles. The summed E-state index contributed by atoms with van der Waals surface area (Å²) in [6.07, 6.45) is 0.856. The first-order valence-corrected chi connectivity index (χ1v) is 11.1. The summed E-state index contributed by atoms with van der Waals surface area (Å²) in [5.74, 6) is 0.492. The Balaban J connectivity index is 1.78. The van der Waals surface area contributed by atoms with E-state index in [-0.39, 0.29) is 11.3 Å². The fraction of sp³-hybridized carbons (Fsp3) is 0.300. The third-order valence-corrected chi connectivity index (χ3v) is 6.35. The van der Waals surface area contributed by atoms with Crippen molar-refractivity contribution in [2.24, 2.45) is 0 Å². The molecule has 0 aliphatic rings. The highest BCUT2D eigenvalue weighted by molar-refractivity contribution is 7.91. The molecule has 1 N–H and O–H groups in total. The average Bonchev–Trinajstić information content (AvgIpc) is 2.67. The fourth-order valence-electron chi connectivity index (χ4n) is 3.03. The van der Waals surface area contributed by atoms with Crippen LogP contribution < -0.4 is 5.56 Å². The van der Waals surface area contributed by atoms with Gasteiger partial charge in [-0.25, -0.2) is 13.4 Å². The van der Waals surface area contributed by atoms with Gasteiger partial charge in [-0.15, -0.1) is 0 Å². The third-order valence-electron chi connectivity index (χ3n) is 4.41. The van der Waals surface area contributed by atoms with Gasteiger partial charge in [-0.05, 0) is 43.3 Å². The molecule has 0 fully saturated rings. The van der Waals surface area contributed by atoms with Crippen LogP contribution in [0.5, 0.6) is 0 Å². The minimum Gasteiger partial charge on any atom is -0.309 e. The maximum Gasteiger partial charge on any atom is 0.258 e. The summed E-state index contributed by atoms with van der Waals surface area (Å²) >= 11 is 6.01. The van der Waals surface area contributed by atoms with Crippen LogP contribution in [0.1, 0.15) is 19.2 Å². The fourth-order valence-corrected chi connectivity index (χ4v) is 4.50. The normalized spacial score (nSPS) is 12.0. The van der Waals surface area contributed by atoms with Crippen LogP contribution in [0.2, 0.25) is 5.02 Å². The number of sulfone groups is 1. The zero-order chi connectivity index (χ0) is 20.1. The van der Waals surface area contributed by atoms with E-state index in [2.05, 4.69) is 9.97 Å². The van der Waals surface area contributed by atoms with Crippen LogP contribution in [-0.2, 0) is 16.4 Å². The first kappa shape index (κ1) is 20.5. The summed E-state index contributed by atoms with van der Waals surface area (Å²) in [5, 5.41) is 0.984. The standard InChI is InChI=1S/C20H22ClN3O3S/c1-2-10-24(11-12-28(26,27)16-6-4-3-5-7-16)14-19-22-18-13-15(21)8-9-17(18)20(25)23-19/h3-9,13H,2,10-12,14H2,1H3,(H,22,23,25). The van der Waals surface area contributed by atoms with Gasteiger partial charge in [-0.3, -0.25) is 9.69 Å². The van der Waals surface area contributed by atoms with Crippen LogP contribution >= 0.6 is 11.6 Å². The van der Waals surface area contributed by atoms with E-state index >= 15 is 0 Å². The summed E-state index contributed by atoms with van der Waals surface area (Å²) in [7, 11) is -3.37. The molecule has 0 spiro atoms. The molecule has 0 saturated heterocycles. The predicted octanol–water partition coefficient (Wildman–Crippen LogP) is 3.26. The molecule has 3 aromatic rings. The molecular formula is C20H22ClN3O3S. The monoisotopic (exact) mass is 419 g/mol. The number of halogens is 1. The molecule has 0 aliphatic heterocycles. The van der Waals surface area contributed by atoms with Crippen molar-refractivity contribution in [3.05, 3.63) is 69.7 Å². The maximum absolute atomic E-state index is 12.5. The molecule has 0 atom stereocenters. The lowest BCUT2D eigenvalue weighted by Gasteiger charge is -2.21. The van der Waals surface area contributed by atoms with Gasteiger partial charge in [0, 0.05) is 11.6 Å². The molecule has 1 aromatic heterocycles. The van der Waals surface area contributed by atoms with Gasteiger partial charge in [-0.2, -0.15) is 0 Å². The van der Waals surface area contributed by atoms with Crippen LogP contribution in [0.15, 0.2) is 58.2 Å². The number of hydrogen-bond donors (Lipinski definition) is 1. The minimum atomic E-state index is -3.37. The van der Waals surface area contributed by atoms with Crippen LogP contribution in [0.25, 0.3) is 10.9 Å². The Bertz CT molecular complexity index is 1110. The summed E-state index contributed by atoms with van der Waals surface area (Å²) in [4.78, 5) is 21.9. The topological polar surface area (TPSA) is 83.1 Å². The second-order valence-electron chi connectivity index (χ2n) is 6.58. The van der Waals surface area contributed by atoms with Gasteiger partial charge in [-0.1, -0.05) is 36.7 Å². The lowest BCUT2D eigenvalue weighted by atomic mass is 10.2. The van der Waals surface area contributed by atoms with Crippen LogP contribution in [-0.4, -0.2) is 42.1 Å². The number of aromatic amines is 1. The Morgan fingerprint density at radius 3 is 2.57 bits per heavy atom. The SMILES string of the molecule is CCCN(CCS(=O)(=O)c1ccccc1)Cc1nc2cc(Cl)ccc2c(=O)[nH]1. The number of hydrogen-bond acceptors (Lipinski definition) is 5. The molecule has 1 heterocycles. The molecule has 0 unspecified atom stereocenters. The molecule has 0 saturated carbocycles. The quantitative estimate of drug-likeness (QED) is 0.605. The highest BCUT2D eigenvalue weighted by Gasteiger charge is 2.17. The summed E-state index contributed by atoms with van der Waals surface area (Å²) in [5.41, 5.74) is 0.296. The summed E-state index contributed by atoms with van der Waals surface area (Å²) in [6, 6.07) is 13.4. The van der Waals surface area contributed by atoms with Gasteiger partial charge >= 0.3 is 0 Å². The van der Waals surface area contributed by atoms with Crippen molar-refractivity contribution >= 4 is 32.3 Å². The zero-order valence-electron chi connectivity index (χ0n) is 15.6. The van der Waals surface area contributed by atoms with E-state index in [1.165, 1.54) is 0 Å². The van der Waals surface area contributed by atoms with Gasteiger partial charge in [0.15, 0.2) is 9.84 Å². The third kappa shape index (κ3) is 4.98. The Hall–Kier alpha value is -2.22. The van der Waals surface area contributed by atoms with Crippen molar-refractivity contribution < 1.29 is 8.42 Å². The van der Waals surface area contributed by atoms with Crippen molar-refractivity contribution in [3.63, 3.8) is 0 Å². The van der Waals surface area contributed by atoms with Crippen molar-refractivity contribution in [1.82, 2.24) is 14.9 Å². The maximum atomic E-state index is 12.5. The van der Waals surface area contributed by atoms with E-state index in [9.17, 15) is 13.2 Å². The molecule has 6 nitrogen and oxygen atoms in total. The highest BCUT2D eigenvalue weighted by Crippen LogP contribution is 2.15. The zero-order valence-corrected chi connectivity index (χ0v) is 17.1. The number of aromatic nitrogens is 2. The molecule has 3 rings (SSSR count). The first-order valence-electron chi connectivity index (χ1n) is 9.07. The summed E-state index contributed by atoms with van der Waals surface area (Å²) < 4.78 is 25.1. The van der Waals surface area contributed by atoms with E-state index < -0.39 is 9.84 Å². The number of nitrogens with zero attached hydrogens (tertiary/aromatic N) is 2. The lowest BCUT2D eigenvalue weighted by molar-refractivity contribution is 0.274. The largest absolute Gasteiger partial charge is 0.309 e. The van der Waals surface area contributed by atoms with Gasteiger partial charge in [0.2, 0.25) is 0 Å². The van der Waals surface area contributed by atoms with Crippen LogP contribution in [0.4, 0.5) is 0 Å². The Labute approximate surface area is 169 Å². The van der Waals surface area contributed by atoms with Crippen molar-refractivity contribution in [3.8, 4) is 0 Å². The minimum absolute atomic E-state index is 0.000650. The molecule has 0 bridgehead atoms. The number of benzene rings is 2. The number of nitrogens with one attached hydrogen (secondary N) is 1. The van der Waals surface area contributed by atoms with Gasteiger partial charge in [0.1, 0.15) is 5.82 Å². The van der Waals surface area contributed by atoms with E-state index in [1.54, 1.807) is 48.5 Å². The average molecular weight is 420 g/mol. The number of rotatable bonds is 8. The Morgan fingerprint density at radius 2 is 1.86 bits per heavy atom. The van der Waals surface area contributed by atoms with Crippen LogP contribution in [0, 0.1) is 0 Å². The Kier molecular flexibility index (Phi) is 6.49. The van der Waals surface area contributed by atoms with Gasteiger partial charge in [0.25, 0.3) is 5.56 Å². The van der Waals surface area contributed by atoms with E-state index in [4.69, 9.17) is 11.6 Å². The summed E-state index contributed by atoms with van der Waals surface area (Å²) in [6.45, 7) is 3.43. The lowest BCUT2D eigenvalue weighted by Crippen LogP contribution is -2.31. The molecule has 148 valence electrons. The molecule has 0 amide bonds. The van der Waals surface area contributed by atoms with E-state index in [0.29, 0.717) is 46.3 Å². The predicted molar refractivity (Wildman–Crippen MR) is 111 cm³/mol. The molecule has 0 radical (unpaired) electrons. The van der Waals surface area contributed by atoms with Gasteiger partial charge < -0.3 is 4.98 Å². The molecule has 8 heteroatoms. The first-order chi connectivity index (χ1) is 13.4. The van der Waals surface area contributed by atoms with Crippen molar-refractivity contribution in [1.29, 1.82) is 0 Å². The number of H-pyrrole nitrogens is 1. The Morgan fingerprint density at radius 1 is 1.11 bits per heavy atom. The van der Waals surface area contributed by atoms with Crippen molar-refractivity contribution in [2.45, 2.75) is 24.8 Å². The second-order valence-corrected chi connectivity index (χ2v) is 9.13. The molecule has 0 aliphatic carbocycles. The van der Waals surface area contributed by atoms with E-state index in [1.807, 2.05) is 11.8 Å². The number of fused-ring (bicyclic) bond motifs is 1. The van der Waals surface area contributed by atoms with Gasteiger partial charge in [0.05, 0.1) is 28.1 Å². The molecule has 28 heavy (non-hydrogen) atoms. The molecular weight excluding hydrogens is 398 g/mol. The van der Waals surface area contributed by atoms with Crippen molar-refractivity contribution in [2.75, 3.05) is 18.8 Å². The van der Waals surface area contributed by atoms with E-state index in [0.717, 1.165) is 6.42 Å². The highest BCUT2D eigenvalue weighted by atomic mass is 35.5. The second kappa shape index (κ2) is 8.86.